The molecule has 0 spiro atoms. The molecule has 1 aromatic heterocycles. The molecule has 2 rings (SSSR count). The van der Waals surface area contributed by atoms with Crippen LogP contribution in [0.25, 0.3) is 0 Å². The monoisotopic (exact) mass is 501 g/mol. The summed E-state index contributed by atoms with van der Waals surface area (Å²) in [4.78, 5) is 18.7. The van der Waals surface area contributed by atoms with Crippen LogP contribution in [0.1, 0.15) is 26.7 Å². The van der Waals surface area contributed by atoms with E-state index in [1.165, 1.54) is 12.3 Å². The zero-order chi connectivity index (χ0) is 20.1. The molecule has 1 fully saturated rings. The summed E-state index contributed by atoms with van der Waals surface area (Å²) < 4.78 is 47.6. The van der Waals surface area contributed by atoms with Gasteiger partial charge in [0.05, 0.1) is 9.97 Å². The van der Waals surface area contributed by atoms with Gasteiger partial charge in [0.15, 0.2) is 5.75 Å². The predicted molar refractivity (Wildman–Crippen MR) is 102 cm³/mol. The van der Waals surface area contributed by atoms with Crippen molar-refractivity contribution in [3.05, 3.63) is 18.3 Å². The van der Waals surface area contributed by atoms with Gasteiger partial charge in [-0.1, -0.05) is 22.6 Å². The lowest BCUT2D eigenvalue weighted by Crippen LogP contribution is -2.49. The second-order valence-corrected chi connectivity index (χ2v) is 7.69. The number of nitrogens with zero attached hydrogens (tertiary/aromatic N) is 2. The second-order valence-electron chi connectivity index (χ2n) is 7.01. The largest absolute Gasteiger partial charge is 0.573 e. The number of amides is 1. The average Bonchev–Trinajstić information content (AvgIpc) is 2.60. The molecule has 1 aromatic rings. The van der Waals surface area contributed by atoms with E-state index in [-0.39, 0.29) is 24.4 Å². The van der Waals surface area contributed by atoms with E-state index in [4.69, 9.17) is 4.74 Å². The number of ether oxygens (including phenoxy) is 2. The van der Waals surface area contributed by atoms with Gasteiger partial charge in [-0.2, -0.15) is 0 Å². The van der Waals surface area contributed by atoms with Gasteiger partial charge in [-0.3, -0.25) is 9.69 Å². The van der Waals surface area contributed by atoms with Gasteiger partial charge in [-0.15, -0.1) is 13.2 Å². The Morgan fingerprint density at radius 1 is 1.37 bits per heavy atom. The molecule has 10 heteroatoms. The molecule has 0 atom stereocenters. The number of rotatable bonds is 7. The van der Waals surface area contributed by atoms with Crippen LogP contribution >= 0.6 is 22.6 Å². The zero-order valence-electron chi connectivity index (χ0n) is 15.2. The van der Waals surface area contributed by atoms with Crippen molar-refractivity contribution in [2.45, 2.75) is 39.1 Å². The summed E-state index contributed by atoms with van der Waals surface area (Å²) in [5.74, 6) is -1.04. The molecule has 1 aliphatic heterocycles. The second kappa shape index (κ2) is 9.26. The van der Waals surface area contributed by atoms with Crippen molar-refractivity contribution >= 4 is 28.5 Å². The Labute approximate surface area is 169 Å². The van der Waals surface area contributed by atoms with Crippen LogP contribution in [0.3, 0.4) is 0 Å². The Hall–Kier alpha value is -1.30. The number of carbonyl (C=O) groups excluding carboxylic acids is 1. The summed E-state index contributed by atoms with van der Waals surface area (Å²) in [6, 6.07) is 2.52. The minimum Gasteiger partial charge on any atom is -0.474 e. The molecule has 1 N–H and O–H groups in total. The first-order valence-electron chi connectivity index (χ1n) is 8.53. The molecule has 152 valence electrons. The highest BCUT2D eigenvalue weighted by molar-refractivity contribution is 14.1. The van der Waals surface area contributed by atoms with Gasteiger partial charge in [0, 0.05) is 25.3 Å². The standard InChI is InChI=1S/C17H23F3IN3O3/c1-16(2,15(25)23-12-5-8-24(11-21)9-6-12)10-26-14-13(4-3-7-22-14)27-17(18,19)20/h3-4,7,12H,5-6,8-11H2,1-2H3,(H,23,25). The highest BCUT2D eigenvalue weighted by atomic mass is 127. The predicted octanol–water partition coefficient (Wildman–Crippen LogP) is 3.36. The van der Waals surface area contributed by atoms with Crippen LogP contribution in [0.4, 0.5) is 13.2 Å². The number of carbonyl (C=O) groups is 1. The number of likely N-dealkylation sites (tertiary alicyclic amines) is 1. The first kappa shape index (κ1) is 22.0. The van der Waals surface area contributed by atoms with E-state index in [0.29, 0.717) is 0 Å². The fourth-order valence-corrected chi connectivity index (χ4v) is 3.26. The zero-order valence-corrected chi connectivity index (χ0v) is 17.3. The number of alkyl halides is 4. The molecule has 2 heterocycles. The number of aromatic nitrogens is 1. The molecular formula is C17H23F3IN3O3. The van der Waals surface area contributed by atoms with Crippen molar-refractivity contribution in [2.24, 2.45) is 5.41 Å². The number of pyridine rings is 1. The lowest BCUT2D eigenvalue weighted by atomic mass is 9.92. The summed E-state index contributed by atoms with van der Waals surface area (Å²) in [5.41, 5.74) is -0.937. The highest BCUT2D eigenvalue weighted by Gasteiger charge is 2.34. The van der Waals surface area contributed by atoms with E-state index in [0.717, 1.165) is 36.5 Å². The van der Waals surface area contributed by atoms with Gasteiger partial charge in [0.2, 0.25) is 5.91 Å². The molecule has 0 aliphatic carbocycles. The minimum absolute atomic E-state index is 0.0925. The molecule has 1 saturated heterocycles. The maximum absolute atomic E-state index is 12.6. The van der Waals surface area contributed by atoms with E-state index in [2.05, 4.69) is 42.5 Å². The van der Waals surface area contributed by atoms with Crippen molar-refractivity contribution in [2.75, 3.05) is 24.2 Å². The Morgan fingerprint density at radius 3 is 2.63 bits per heavy atom. The SMILES string of the molecule is CC(C)(COc1ncccc1OC(F)(F)F)C(=O)NC1CCN(CI)CC1. The maximum Gasteiger partial charge on any atom is 0.573 e. The normalized spacial score (nSPS) is 16.8. The van der Waals surface area contributed by atoms with E-state index >= 15 is 0 Å². The third-order valence-corrected chi connectivity index (χ3v) is 5.20. The molecule has 0 aromatic carbocycles. The quantitative estimate of drug-likeness (QED) is 0.353. The first-order chi connectivity index (χ1) is 12.6. The number of halogens is 4. The molecule has 1 amide bonds. The lowest BCUT2D eigenvalue weighted by Gasteiger charge is -2.33. The smallest absolute Gasteiger partial charge is 0.474 e. The molecule has 6 nitrogen and oxygen atoms in total. The molecule has 1 aliphatic rings. The third kappa shape index (κ3) is 6.98. The molecule has 0 bridgehead atoms. The van der Waals surface area contributed by atoms with Crippen LogP contribution in [0.15, 0.2) is 18.3 Å². The van der Waals surface area contributed by atoms with Crippen molar-refractivity contribution in [1.82, 2.24) is 15.2 Å². The first-order valence-corrected chi connectivity index (χ1v) is 10.1. The van der Waals surface area contributed by atoms with Gasteiger partial charge in [-0.05, 0) is 38.8 Å². The van der Waals surface area contributed by atoms with Crippen LogP contribution < -0.4 is 14.8 Å². The fourth-order valence-electron chi connectivity index (χ4n) is 2.58. The van der Waals surface area contributed by atoms with Crippen LogP contribution in [0.2, 0.25) is 0 Å². The van der Waals surface area contributed by atoms with Crippen LogP contribution in [0.5, 0.6) is 11.6 Å². The summed E-state index contributed by atoms with van der Waals surface area (Å²) in [5, 5.41) is 3.01. The molecular weight excluding hydrogens is 478 g/mol. The third-order valence-electron chi connectivity index (χ3n) is 4.24. The van der Waals surface area contributed by atoms with E-state index in [9.17, 15) is 18.0 Å². The van der Waals surface area contributed by atoms with Crippen molar-refractivity contribution in [1.29, 1.82) is 0 Å². The Bertz CT molecular complexity index is 635. The van der Waals surface area contributed by atoms with Crippen LogP contribution in [-0.4, -0.2) is 52.4 Å². The van der Waals surface area contributed by atoms with Gasteiger partial charge >= 0.3 is 6.36 Å². The van der Waals surface area contributed by atoms with Crippen LogP contribution in [-0.2, 0) is 4.79 Å². The number of nitrogens with one attached hydrogen (secondary N) is 1. The Balaban J connectivity index is 1.91. The Kier molecular flexibility index (Phi) is 7.55. The summed E-state index contributed by atoms with van der Waals surface area (Å²) in [7, 11) is 0. The number of piperidine rings is 1. The molecule has 27 heavy (non-hydrogen) atoms. The maximum atomic E-state index is 12.6. The molecule has 0 saturated carbocycles. The van der Waals surface area contributed by atoms with Gasteiger partial charge in [0.1, 0.15) is 6.61 Å². The fraction of sp³-hybridized carbons (Fsp3) is 0.647. The lowest BCUT2D eigenvalue weighted by molar-refractivity contribution is -0.275. The number of hydrogen-bond acceptors (Lipinski definition) is 5. The van der Waals surface area contributed by atoms with Crippen molar-refractivity contribution in [3.63, 3.8) is 0 Å². The van der Waals surface area contributed by atoms with Gasteiger partial charge in [0.25, 0.3) is 5.88 Å². The van der Waals surface area contributed by atoms with E-state index in [1.807, 2.05) is 0 Å². The van der Waals surface area contributed by atoms with Crippen LogP contribution in [0, 0.1) is 5.41 Å². The van der Waals surface area contributed by atoms with Crippen molar-refractivity contribution < 1.29 is 27.4 Å². The van der Waals surface area contributed by atoms with Gasteiger partial charge < -0.3 is 14.8 Å². The highest BCUT2D eigenvalue weighted by Crippen LogP contribution is 2.31. The average molecular weight is 501 g/mol. The van der Waals surface area contributed by atoms with Crippen molar-refractivity contribution in [3.8, 4) is 11.6 Å². The number of hydrogen-bond donors (Lipinski definition) is 1. The van der Waals surface area contributed by atoms with E-state index < -0.39 is 17.5 Å². The minimum atomic E-state index is -4.85. The molecule has 0 radical (unpaired) electrons. The Morgan fingerprint density at radius 2 is 2.04 bits per heavy atom. The molecule has 0 unspecified atom stereocenters. The topological polar surface area (TPSA) is 63.7 Å². The van der Waals surface area contributed by atoms with Gasteiger partial charge in [-0.25, -0.2) is 4.98 Å². The summed E-state index contributed by atoms with van der Waals surface area (Å²) >= 11 is 2.31. The summed E-state index contributed by atoms with van der Waals surface area (Å²) in [6.07, 6.45) is -1.81. The summed E-state index contributed by atoms with van der Waals surface area (Å²) in [6.45, 7) is 5.08. The van der Waals surface area contributed by atoms with E-state index in [1.54, 1.807) is 13.8 Å².